The summed E-state index contributed by atoms with van der Waals surface area (Å²) in [5.74, 6) is 0.192. The van der Waals surface area contributed by atoms with Gasteiger partial charge in [0.2, 0.25) is 10.0 Å². The van der Waals surface area contributed by atoms with Crippen molar-refractivity contribution in [2.45, 2.75) is 30.7 Å². The van der Waals surface area contributed by atoms with Crippen LogP contribution in [0.3, 0.4) is 0 Å². The van der Waals surface area contributed by atoms with Gasteiger partial charge in [0.1, 0.15) is 0 Å². The van der Waals surface area contributed by atoms with Gasteiger partial charge >= 0.3 is 0 Å². The first kappa shape index (κ1) is 15.0. The molecule has 1 aliphatic rings. The maximum absolute atomic E-state index is 12.6. The fourth-order valence-electron chi connectivity index (χ4n) is 2.50. The third-order valence-corrected chi connectivity index (χ3v) is 5.63. The van der Waals surface area contributed by atoms with Gasteiger partial charge < -0.3 is 5.73 Å². The minimum Gasteiger partial charge on any atom is -0.328 e. The number of sulfonamides is 1. The van der Waals surface area contributed by atoms with E-state index in [9.17, 15) is 8.42 Å². The molecule has 0 unspecified atom stereocenters. The number of benzene rings is 1. The molecular weight excluding hydrogens is 274 g/mol. The number of nitrogens with zero attached hydrogens (tertiary/aromatic N) is 2. The molecule has 2 N–H and O–H groups in total. The Kier molecular flexibility index (Phi) is 4.43. The molecule has 0 amide bonds. The zero-order valence-electron chi connectivity index (χ0n) is 11.5. The van der Waals surface area contributed by atoms with Gasteiger partial charge in [-0.15, -0.1) is 0 Å². The summed E-state index contributed by atoms with van der Waals surface area (Å²) in [6.45, 7) is 2.89. The number of nitrogens with two attached hydrogens (primary N) is 1. The van der Waals surface area contributed by atoms with Crippen molar-refractivity contribution in [3.63, 3.8) is 0 Å². The summed E-state index contributed by atoms with van der Waals surface area (Å²) in [6.07, 6.45) is 1.78. The molecule has 1 aliphatic heterocycles. The van der Waals surface area contributed by atoms with E-state index in [-0.39, 0.29) is 16.9 Å². The van der Waals surface area contributed by atoms with Crippen LogP contribution in [0.1, 0.15) is 25.3 Å². The van der Waals surface area contributed by atoms with Crippen LogP contribution in [0.25, 0.3) is 0 Å². The van der Waals surface area contributed by atoms with Gasteiger partial charge in [0.05, 0.1) is 16.5 Å². The minimum absolute atomic E-state index is 0.0153. The van der Waals surface area contributed by atoms with Gasteiger partial charge in [-0.3, -0.25) is 0 Å². The highest BCUT2D eigenvalue weighted by atomic mass is 32.2. The highest BCUT2D eigenvalue weighted by Gasteiger charge is 2.31. The summed E-state index contributed by atoms with van der Waals surface area (Å²) >= 11 is 0. The molecule has 0 aromatic heterocycles. The van der Waals surface area contributed by atoms with E-state index in [2.05, 4.69) is 0 Å². The second-order valence-electron chi connectivity index (χ2n) is 5.26. The van der Waals surface area contributed by atoms with Gasteiger partial charge in [-0.05, 0) is 43.9 Å². The first-order valence-corrected chi connectivity index (χ1v) is 8.15. The van der Waals surface area contributed by atoms with Crippen molar-refractivity contribution >= 4 is 10.0 Å². The van der Waals surface area contributed by atoms with Crippen LogP contribution in [0, 0.1) is 17.2 Å². The molecule has 108 valence electrons. The first-order valence-electron chi connectivity index (χ1n) is 6.71. The Hall–Kier alpha value is -1.42. The van der Waals surface area contributed by atoms with Crippen LogP contribution in [-0.4, -0.2) is 31.9 Å². The quantitative estimate of drug-likeness (QED) is 0.910. The fourth-order valence-corrected chi connectivity index (χ4v) is 4.08. The molecule has 0 saturated carbocycles. The number of rotatable bonds is 3. The highest BCUT2D eigenvalue weighted by molar-refractivity contribution is 7.89. The number of hydrogen-bond acceptors (Lipinski definition) is 4. The fraction of sp³-hybridized carbons (Fsp3) is 0.500. The van der Waals surface area contributed by atoms with E-state index in [0.717, 1.165) is 12.8 Å². The van der Waals surface area contributed by atoms with Crippen molar-refractivity contribution in [3.05, 3.63) is 29.8 Å². The Balaban J connectivity index is 2.28. The standard InChI is InChI=1S/C14H19N3O2S/c1-11(16)13-5-3-7-17(10-13)20(18,19)14-6-2-4-12(8-14)9-15/h2,4,6,8,11,13H,3,5,7,10,16H2,1H3/t11-,13+/m1/s1. The lowest BCUT2D eigenvalue weighted by molar-refractivity contribution is 0.243. The maximum atomic E-state index is 12.6. The summed E-state index contributed by atoms with van der Waals surface area (Å²) in [5.41, 5.74) is 6.25. The van der Waals surface area contributed by atoms with Gasteiger partial charge in [0.15, 0.2) is 0 Å². The van der Waals surface area contributed by atoms with Crippen LogP contribution in [0.15, 0.2) is 29.2 Å². The van der Waals surface area contributed by atoms with E-state index in [1.807, 2.05) is 13.0 Å². The molecule has 1 saturated heterocycles. The molecule has 20 heavy (non-hydrogen) atoms. The van der Waals surface area contributed by atoms with Crippen LogP contribution >= 0.6 is 0 Å². The van der Waals surface area contributed by atoms with Crippen molar-refractivity contribution in [1.82, 2.24) is 4.31 Å². The number of piperidine rings is 1. The molecule has 0 aliphatic carbocycles. The summed E-state index contributed by atoms with van der Waals surface area (Å²) < 4.78 is 26.7. The van der Waals surface area contributed by atoms with Gasteiger partial charge in [0, 0.05) is 19.1 Å². The Morgan fingerprint density at radius 1 is 1.50 bits per heavy atom. The topological polar surface area (TPSA) is 87.2 Å². The predicted octanol–water partition coefficient (Wildman–Crippen LogP) is 1.31. The Morgan fingerprint density at radius 2 is 2.25 bits per heavy atom. The third-order valence-electron chi connectivity index (χ3n) is 3.77. The molecule has 1 heterocycles. The normalized spacial score (nSPS) is 22.1. The lowest BCUT2D eigenvalue weighted by atomic mass is 9.93. The number of hydrogen-bond donors (Lipinski definition) is 1. The highest BCUT2D eigenvalue weighted by Crippen LogP contribution is 2.25. The summed E-state index contributed by atoms with van der Waals surface area (Å²) in [6, 6.07) is 8.10. The summed E-state index contributed by atoms with van der Waals surface area (Å²) in [7, 11) is -3.53. The summed E-state index contributed by atoms with van der Waals surface area (Å²) in [5, 5.41) is 8.88. The Bertz CT molecular complexity index is 620. The zero-order valence-corrected chi connectivity index (χ0v) is 12.3. The first-order chi connectivity index (χ1) is 9.45. The van der Waals surface area contributed by atoms with Crippen molar-refractivity contribution in [3.8, 4) is 6.07 Å². The molecular formula is C14H19N3O2S. The SMILES string of the molecule is C[C@@H](N)[C@H]1CCCN(S(=O)(=O)c2cccc(C#N)c2)C1. The van der Waals surface area contributed by atoms with E-state index in [1.165, 1.54) is 16.4 Å². The van der Waals surface area contributed by atoms with Gasteiger partial charge in [-0.2, -0.15) is 9.57 Å². The molecule has 0 bridgehead atoms. The van der Waals surface area contributed by atoms with Crippen LogP contribution in [0.2, 0.25) is 0 Å². The van der Waals surface area contributed by atoms with E-state index < -0.39 is 10.0 Å². The summed E-state index contributed by atoms with van der Waals surface area (Å²) in [4.78, 5) is 0.182. The van der Waals surface area contributed by atoms with Crippen LogP contribution < -0.4 is 5.73 Å². The zero-order chi connectivity index (χ0) is 14.8. The van der Waals surface area contributed by atoms with E-state index in [4.69, 9.17) is 11.0 Å². The van der Waals surface area contributed by atoms with E-state index in [1.54, 1.807) is 12.1 Å². The van der Waals surface area contributed by atoms with Crippen LogP contribution in [-0.2, 0) is 10.0 Å². The average molecular weight is 293 g/mol. The second-order valence-corrected chi connectivity index (χ2v) is 7.20. The van der Waals surface area contributed by atoms with Gasteiger partial charge in [0.25, 0.3) is 0 Å². The monoisotopic (exact) mass is 293 g/mol. The van der Waals surface area contributed by atoms with Crippen molar-refractivity contribution in [2.24, 2.45) is 11.7 Å². The lowest BCUT2D eigenvalue weighted by Crippen LogP contribution is -2.44. The van der Waals surface area contributed by atoms with Crippen LogP contribution in [0.4, 0.5) is 0 Å². The molecule has 2 atom stereocenters. The van der Waals surface area contributed by atoms with Crippen LogP contribution in [0.5, 0.6) is 0 Å². The smallest absolute Gasteiger partial charge is 0.243 e. The Labute approximate surface area is 120 Å². The largest absolute Gasteiger partial charge is 0.328 e. The number of nitriles is 1. The van der Waals surface area contributed by atoms with Crippen molar-refractivity contribution in [2.75, 3.05) is 13.1 Å². The predicted molar refractivity (Wildman–Crippen MR) is 76.3 cm³/mol. The van der Waals surface area contributed by atoms with Gasteiger partial charge in [-0.25, -0.2) is 8.42 Å². The molecule has 1 aromatic rings. The lowest BCUT2D eigenvalue weighted by Gasteiger charge is -2.33. The average Bonchev–Trinajstić information content (AvgIpc) is 2.47. The van der Waals surface area contributed by atoms with Crippen molar-refractivity contribution < 1.29 is 8.42 Å². The molecule has 0 spiro atoms. The van der Waals surface area contributed by atoms with Crippen molar-refractivity contribution in [1.29, 1.82) is 5.26 Å². The molecule has 2 rings (SSSR count). The molecule has 1 aromatic carbocycles. The molecule has 5 nitrogen and oxygen atoms in total. The van der Waals surface area contributed by atoms with Gasteiger partial charge in [-0.1, -0.05) is 6.07 Å². The molecule has 1 fully saturated rings. The second kappa shape index (κ2) is 5.92. The van der Waals surface area contributed by atoms with E-state index >= 15 is 0 Å². The third kappa shape index (κ3) is 3.01. The molecule has 0 radical (unpaired) electrons. The maximum Gasteiger partial charge on any atom is 0.243 e. The minimum atomic E-state index is -3.53. The molecule has 6 heteroatoms. The Morgan fingerprint density at radius 3 is 2.90 bits per heavy atom. The van der Waals surface area contributed by atoms with E-state index in [0.29, 0.717) is 18.7 Å².